The molecule has 4 nitrogen and oxygen atoms in total. The van der Waals surface area contributed by atoms with Crippen LogP contribution in [0.4, 0.5) is 0 Å². The summed E-state index contributed by atoms with van der Waals surface area (Å²) in [5.74, 6) is -0.739. The monoisotopic (exact) mass is 172 g/mol. The van der Waals surface area contributed by atoms with Gasteiger partial charge in [0.15, 0.2) is 0 Å². The van der Waals surface area contributed by atoms with Crippen LogP contribution < -0.4 is 10.6 Å². The van der Waals surface area contributed by atoms with Gasteiger partial charge in [-0.05, 0) is 25.9 Å². The van der Waals surface area contributed by atoms with E-state index in [2.05, 4.69) is 10.6 Å². The average Bonchev–Trinajstić information content (AvgIpc) is 2.06. The van der Waals surface area contributed by atoms with E-state index in [-0.39, 0.29) is 0 Å². The highest BCUT2D eigenvalue weighted by atomic mass is 16.4. The van der Waals surface area contributed by atoms with E-state index in [1.54, 1.807) is 0 Å². The van der Waals surface area contributed by atoms with Crippen molar-refractivity contribution in [2.24, 2.45) is 0 Å². The smallest absolute Gasteiger partial charge is 0.325 e. The van der Waals surface area contributed by atoms with Gasteiger partial charge in [-0.2, -0.15) is 0 Å². The van der Waals surface area contributed by atoms with Crippen molar-refractivity contribution in [3.05, 3.63) is 0 Å². The Balaban J connectivity index is 2.63. The Labute approximate surface area is 72.3 Å². The van der Waals surface area contributed by atoms with E-state index in [9.17, 15) is 4.79 Å². The van der Waals surface area contributed by atoms with Crippen LogP contribution in [0.3, 0.4) is 0 Å². The molecule has 70 valence electrons. The largest absolute Gasteiger partial charge is 0.480 e. The molecule has 0 amide bonds. The molecule has 0 aromatic heterocycles. The minimum absolute atomic E-state index is 0.538. The van der Waals surface area contributed by atoms with Crippen LogP contribution in [0.5, 0.6) is 0 Å². The number of carboxylic acids is 1. The van der Waals surface area contributed by atoms with E-state index in [1.165, 1.54) is 0 Å². The molecular formula is C8H16N2O2. The predicted octanol–water partition coefficient (Wildman–Crippen LogP) is -0.197. The summed E-state index contributed by atoms with van der Waals surface area (Å²) in [5.41, 5.74) is -0.715. The van der Waals surface area contributed by atoms with Gasteiger partial charge in [0.25, 0.3) is 0 Å². The third-order valence-electron chi connectivity index (χ3n) is 2.31. The van der Waals surface area contributed by atoms with Gasteiger partial charge in [0.1, 0.15) is 5.54 Å². The Bertz CT molecular complexity index is 159. The van der Waals surface area contributed by atoms with Crippen LogP contribution in [-0.4, -0.2) is 36.2 Å². The lowest BCUT2D eigenvalue weighted by molar-refractivity contribution is -0.145. The fraction of sp³-hybridized carbons (Fsp3) is 0.875. The Morgan fingerprint density at radius 1 is 1.75 bits per heavy atom. The summed E-state index contributed by atoms with van der Waals surface area (Å²) >= 11 is 0. The molecule has 1 unspecified atom stereocenters. The quantitative estimate of drug-likeness (QED) is 0.552. The number of aliphatic carboxylic acids is 1. The summed E-state index contributed by atoms with van der Waals surface area (Å²) in [4.78, 5) is 11.0. The Kier molecular flexibility index (Phi) is 3.05. The van der Waals surface area contributed by atoms with Crippen molar-refractivity contribution in [1.82, 2.24) is 10.6 Å². The molecule has 0 spiro atoms. The zero-order valence-corrected chi connectivity index (χ0v) is 7.39. The Hall–Kier alpha value is -0.610. The fourth-order valence-electron chi connectivity index (χ4n) is 1.65. The number of hydrogen-bond acceptors (Lipinski definition) is 3. The van der Waals surface area contributed by atoms with Gasteiger partial charge in [0, 0.05) is 6.54 Å². The van der Waals surface area contributed by atoms with E-state index in [4.69, 9.17) is 5.11 Å². The maximum absolute atomic E-state index is 11.0. The highest BCUT2D eigenvalue weighted by Gasteiger charge is 2.38. The first-order valence-electron chi connectivity index (χ1n) is 4.40. The maximum atomic E-state index is 11.0. The highest BCUT2D eigenvalue weighted by molar-refractivity contribution is 5.79. The zero-order chi connectivity index (χ0) is 9.03. The molecule has 1 heterocycles. The number of carbonyl (C=O) groups is 1. The lowest BCUT2D eigenvalue weighted by Gasteiger charge is -2.34. The molecule has 12 heavy (non-hydrogen) atoms. The molecule has 0 aliphatic carbocycles. The lowest BCUT2D eigenvalue weighted by Crippen LogP contribution is -2.60. The lowest BCUT2D eigenvalue weighted by atomic mass is 9.90. The van der Waals surface area contributed by atoms with Crippen molar-refractivity contribution in [3.63, 3.8) is 0 Å². The number of likely N-dealkylation sites (N-methyl/N-ethyl adjacent to an activating group) is 1. The van der Waals surface area contributed by atoms with Gasteiger partial charge in [0.2, 0.25) is 0 Å². The minimum Gasteiger partial charge on any atom is -0.480 e. The van der Waals surface area contributed by atoms with Crippen LogP contribution in [-0.2, 0) is 4.79 Å². The molecule has 4 heteroatoms. The van der Waals surface area contributed by atoms with Gasteiger partial charge in [-0.3, -0.25) is 4.79 Å². The molecule has 0 aromatic carbocycles. The normalized spacial score (nSPS) is 30.1. The fourth-order valence-corrected chi connectivity index (χ4v) is 1.65. The molecule has 1 aliphatic heterocycles. The molecule has 3 N–H and O–H groups in total. The number of piperidine rings is 1. The number of rotatable bonds is 3. The molecule has 0 aromatic rings. The van der Waals surface area contributed by atoms with Crippen LogP contribution >= 0.6 is 0 Å². The van der Waals surface area contributed by atoms with Gasteiger partial charge in [-0.1, -0.05) is 6.92 Å². The predicted molar refractivity (Wildman–Crippen MR) is 46.1 cm³/mol. The Morgan fingerprint density at radius 3 is 2.92 bits per heavy atom. The second-order valence-electron chi connectivity index (χ2n) is 3.20. The number of nitrogens with one attached hydrogen (secondary N) is 2. The minimum atomic E-state index is -0.739. The van der Waals surface area contributed by atoms with Gasteiger partial charge < -0.3 is 15.7 Å². The molecule has 1 rings (SSSR count). The molecule has 0 saturated carbocycles. The van der Waals surface area contributed by atoms with E-state index >= 15 is 0 Å². The molecule has 1 saturated heterocycles. The summed E-state index contributed by atoms with van der Waals surface area (Å²) in [6.07, 6.45) is 1.66. The second-order valence-corrected chi connectivity index (χ2v) is 3.20. The van der Waals surface area contributed by atoms with Gasteiger partial charge in [-0.15, -0.1) is 0 Å². The van der Waals surface area contributed by atoms with E-state index < -0.39 is 11.5 Å². The third-order valence-corrected chi connectivity index (χ3v) is 2.31. The average molecular weight is 172 g/mol. The maximum Gasteiger partial charge on any atom is 0.325 e. The van der Waals surface area contributed by atoms with Gasteiger partial charge in [-0.25, -0.2) is 0 Å². The van der Waals surface area contributed by atoms with Crippen LogP contribution in [0.15, 0.2) is 0 Å². The third kappa shape index (κ3) is 1.76. The first-order valence-corrected chi connectivity index (χ1v) is 4.40. The van der Waals surface area contributed by atoms with Gasteiger partial charge in [0.05, 0.1) is 0 Å². The zero-order valence-electron chi connectivity index (χ0n) is 7.39. The van der Waals surface area contributed by atoms with Crippen LogP contribution in [0.1, 0.15) is 19.8 Å². The summed E-state index contributed by atoms with van der Waals surface area (Å²) in [6.45, 7) is 4.10. The van der Waals surface area contributed by atoms with Crippen molar-refractivity contribution in [2.45, 2.75) is 25.3 Å². The first-order chi connectivity index (χ1) is 5.71. The van der Waals surface area contributed by atoms with Crippen LogP contribution in [0.2, 0.25) is 0 Å². The number of hydrogen-bond donors (Lipinski definition) is 3. The topological polar surface area (TPSA) is 61.4 Å². The highest BCUT2D eigenvalue weighted by Crippen LogP contribution is 2.15. The van der Waals surface area contributed by atoms with E-state index in [0.29, 0.717) is 13.1 Å². The summed E-state index contributed by atoms with van der Waals surface area (Å²) < 4.78 is 0. The second kappa shape index (κ2) is 3.87. The summed E-state index contributed by atoms with van der Waals surface area (Å²) in [7, 11) is 0. The van der Waals surface area contributed by atoms with Crippen molar-refractivity contribution < 1.29 is 9.90 Å². The van der Waals surface area contributed by atoms with Gasteiger partial charge >= 0.3 is 5.97 Å². The van der Waals surface area contributed by atoms with Crippen molar-refractivity contribution in [3.8, 4) is 0 Å². The summed E-state index contributed by atoms with van der Waals surface area (Å²) in [5, 5.41) is 15.2. The van der Waals surface area contributed by atoms with E-state index in [1.807, 2.05) is 6.92 Å². The van der Waals surface area contributed by atoms with E-state index in [0.717, 1.165) is 19.4 Å². The van der Waals surface area contributed by atoms with Crippen molar-refractivity contribution in [2.75, 3.05) is 19.6 Å². The number of carboxylic acid groups (broad SMARTS) is 1. The molecule has 1 fully saturated rings. The SMILES string of the molecule is CCNC1(C(=O)O)CCCNC1. The molecule has 1 atom stereocenters. The molecular weight excluding hydrogens is 156 g/mol. The summed E-state index contributed by atoms with van der Waals surface area (Å²) in [6, 6.07) is 0. The van der Waals surface area contributed by atoms with Crippen molar-refractivity contribution in [1.29, 1.82) is 0 Å². The standard InChI is InChI=1S/C8H16N2O2/c1-2-10-8(7(11)12)4-3-5-9-6-8/h9-10H,2-6H2,1H3,(H,11,12). The first kappa shape index (κ1) is 9.48. The van der Waals surface area contributed by atoms with Crippen LogP contribution in [0.25, 0.3) is 0 Å². The molecule has 0 bridgehead atoms. The molecule has 1 aliphatic rings. The van der Waals surface area contributed by atoms with Crippen LogP contribution in [0, 0.1) is 0 Å². The van der Waals surface area contributed by atoms with Crippen molar-refractivity contribution >= 4 is 5.97 Å². The molecule has 0 radical (unpaired) electrons. The Morgan fingerprint density at radius 2 is 2.50 bits per heavy atom.